The number of anilines is 1. The van der Waals surface area contributed by atoms with E-state index in [1.54, 1.807) is 42.6 Å². The molecule has 4 aromatic rings. The minimum absolute atomic E-state index is 0.0299. The fourth-order valence-corrected chi connectivity index (χ4v) is 4.23. The van der Waals surface area contributed by atoms with Gasteiger partial charge in [-0.2, -0.15) is 0 Å². The van der Waals surface area contributed by atoms with E-state index >= 15 is 0 Å². The average molecular weight is 481 g/mol. The first kappa shape index (κ1) is 22.6. The molecule has 1 aromatic heterocycles. The molecule has 8 heteroatoms. The molecule has 0 fully saturated rings. The summed E-state index contributed by atoms with van der Waals surface area (Å²) in [6.45, 7) is 0. The van der Waals surface area contributed by atoms with E-state index in [0.29, 0.717) is 33.1 Å². The highest BCUT2D eigenvalue weighted by Gasteiger charge is 2.18. The number of sulfone groups is 1. The van der Waals surface area contributed by atoms with Crippen LogP contribution < -0.4 is 5.32 Å². The first-order chi connectivity index (χ1) is 15.7. The number of carbonyl (C=O) groups is 1. The highest BCUT2D eigenvalue weighted by molar-refractivity contribution is 7.90. The van der Waals surface area contributed by atoms with Crippen LogP contribution in [0.25, 0.3) is 22.4 Å². The highest BCUT2D eigenvalue weighted by Crippen LogP contribution is 2.31. The van der Waals surface area contributed by atoms with E-state index in [-0.39, 0.29) is 10.5 Å². The Morgan fingerprint density at radius 1 is 0.939 bits per heavy atom. The normalized spacial score (nSPS) is 11.2. The molecule has 1 heterocycles. The number of carbonyl (C=O) groups excluding carboxylic acids is 1. The third-order valence-corrected chi connectivity index (χ3v) is 6.40. The van der Waals surface area contributed by atoms with Crippen LogP contribution in [0.1, 0.15) is 10.4 Å². The monoisotopic (exact) mass is 480 g/mol. The molecule has 0 aliphatic carbocycles. The van der Waals surface area contributed by atoms with Crippen LogP contribution in [0.2, 0.25) is 5.02 Å². The summed E-state index contributed by atoms with van der Waals surface area (Å²) in [5.41, 5.74) is 2.65. The zero-order chi connectivity index (χ0) is 23.6. The maximum atomic E-state index is 13.9. The Kier molecular flexibility index (Phi) is 6.26. The lowest BCUT2D eigenvalue weighted by Gasteiger charge is -2.13. The predicted octanol–water partition coefficient (Wildman–Crippen LogP) is 5.86. The van der Waals surface area contributed by atoms with Gasteiger partial charge in [-0.15, -0.1) is 0 Å². The van der Waals surface area contributed by atoms with Crippen molar-refractivity contribution in [2.75, 3.05) is 11.6 Å². The maximum absolute atomic E-state index is 13.9. The van der Waals surface area contributed by atoms with E-state index in [4.69, 9.17) is 11.6 Å². The van der Waals surface area contributed by atoms with E-state index in [1.165, 1.54) is 36.4 Å². The fraction of sp³-hybridized carbons (Fsp3) is 0.0400. The molecule has 0 spiro atoms. The number of hydrogen-bond acceptors (Lipinski definition) is 4. The zero-order valence-electron chi connectivity index (χ0n) is 17.4. The van der Waals surface area contributed by atoms with Crippen LogP contribution in [0.15, 0.2) is 90.0 Å². The first-order valence-corrected chi connectivity index (χ1v) is 12.1. The lowest BCUT2D eigenvalue weighted by molar-refractivity contribution is 0.102. The van der Waals surface area contributed by atoms with E-state index < -0.39 is 21.6 Å². The summed E-state index contributed by atoms with van der Waals surface area (Å²) in [5, 5.41) is 3.29. The van der Waals surface area contributed by atoms with Gasteiger partial charge in [0.1, 0.15) is 5.82 Å². The third-order valence-electron chi connectivity index (χ3n) is 4.96. The van der Waals surface area contributed by atoms with Crippen molar-refractivity contribution in [2.45, 2.75) is 4.90 Å². The molecule has 33 heavy (non-hydrogen) atoms. The Balaban J connectivity index is 1.75. The Morgan fingerprint density at radius 2 is 1.76 bits per heavy atom. The zero-order valence-corrected chi connectivity index (χ0v) is 19.0. The van der Waals surface area contributed by atoms with E-state index in [0.717, 1.165) is 6.26 Å². The van der Waals surface area contributed by atoms with Crippen LogP contribution in [-0.2, 0) is 9.84 Å². The standard InChI is InChI=1S/C25H18ClFN2O3S/c1-33(31,32)19-9-10-20(21(15-19)16-5-4-6-17(27)13-16)25(30)29-18-8-11-23(26)22(14-18)24-7-2-3-12-28-24/h2-15H,1H3,(H,29,30). The van der Waals surface area contributed by atoms with E-state index in [9.17, 15) is 17.6 Å². The van der Waals surface area contributed by atoms with Crippen LogP contribution in [0.3, 0.4) is 0 Å². The summed E-state index contributed by atoms with van der Waals surface area (Å²) in [4.78, 5) is 17.5. The second-order valence-electron chi connectivity index (χ2n) is 7.35. The molecule has 0 saturated heterocycles. The van der Waals surface area contributed by atoms with Gasteiger partial charge in [-0.05, 0) is 71.8 Å². The molecule has 0 radical (unpaired) electrons. The number of benzene rings is 3. The molecule has 4 rings (SSSR count). The average Bonchev–Trinajstić information content (AvgIpc) is 2.80. The molecular formula is C25H18ClFN2O3S. The van der Waals surface area contributed by atoms with Gasteiger partial charge in [0.25, 0.3) is 5.91 Å². The van der Waals surface area contributed by atoms with Crippen LogP contribution in [0, 0.1) is 5.82 Å². The smallest absolute Gasteiger partial charge is 0.256 e. The van der Waals surface area contributed by atoms with Crippen molar-refractivity contribution < 1.29 is 17.6 Å². The second-order valence-corrected chi connectivity index (χ2v) is 9.78. The lowest BCUT2D eigenvalue weighted by atomic mass is 9.99. The van der Waals surface area contributed by atoms with Crippen molar-refractivity contribution in [3.63, 3.8) is 0 Å². The molecule has 0 aliphatic rings. The van der Waals surface area contributed by atoms with Gasteiger partial charge in [0.15, 0.2) is 9.84 Å². The van der Waals surface area contributed by atoms with Crippen LogP contribution in [0.5, 0.6) is 0 Å². The van der Waals surface area contributed by atoms with Gasteiger partial charge in [-0.25, -0.2) is 12.8 Å². The molecule has 0 bridgehead atoms. The number of rotatable bonds is 5. The van der Waals surface area contributed by atoms with Crippen molar-refractivity contribution in [3.05, 3.63) is 101 Å². The molecule has 0 aliphatic heterocycles. The van der Waals surface area contributed by atoms with Gasteiger partial charge >= 0.3 is 0 Å². The van der Waals surface area contributed by atoms with E-state index in [1.807, 2.05) is 6.07 Å². The van der Waals surface area contributed by atoms with Gasteiger partial charge < -0.3 is 5.32 Å². The predicted molar refractivity (Wildman–Crippen MR) is 128 cm³/mol. The van der Waals surface area contributed by atoms with Crippen molar-refractivity contribution in [1.82, 2.24) is 4.98 Å². The number of hydrogen-bond donors (Lipinski definition) is 1. The van der Waals surface area contributed by atoms with Crippen LogP contribution in [-0.4, -0.2) is 25.6 Å². The summed E-state index contributed by atoms with van der Waals surface area (Å²) in [5.74, 6) is -0.982. The van der Waals surface area contributed by atoms with Crippen molar-refractivity contribution in [1.29, 1.82) is 0 Å². The first-order valence-electron chi connectivity index (χ1n) is 9.85. The fourth-order valence-electron chi connectivity index (χ4n) is 3.37. The SMILES string of the molecule is CS(=O)(=O)c1ccc(C(=O)Nc2ccc(Cl)c(-c3ccccn3)c2)c(-c2cccc(F)c2)c1. The number of nitrogens with zero attached hydrogens (tertiary/aromatic N) is 1. The minimum atomic E-state index is -3.53. The van der Waals surface area contributed by atoms with Crippen molar-refractivity contribution in [3.8, 4) is 22.4 Å². The second kappa shape index (κ2) is 9.13. The van der Waals surface area contributed by atoms with Gasteiger partial charge in [-0.1, -0.05) is 29.8 Å². The summed E-state index contributed by atoms with van der Waals surface area (Å²) in [6.07, 6.45) is 2.72. The summed E-state index contributed by atoms with van der Waals surface area (Å²) >= 11 is 6.32. The molecule has 0 atom stereocenters. The maximum Gasteiger partial charge on any atom is 0.256 e. The molecular weight excluding hydrogens is 463 g/mol. The van der Waals surface area contributed by atoms with Gasteiger partial charge in [0.2, 0.25) is 0 Å². The Morgan fingerprint density at radius 3 is 2.45 bits per heavy atom. The summed E-state index contributed by atoms with van der Waals surface area (Å²) in [7, 11) is -3.53. The molecule has 1 amide bonds. The Bertz CT molecular complexity index is 1460. The number of aromatic nitrogens is 1. The summed E-state index contributed by atoms with van der Waals surface area (Å²) in [6, 6.07) is 20.2. The summed E-state index contributed by atoms with van der Waals surface area (Å²) < 4.78 is 38.0. The van der Waals surface area contributed by atoms with Crippen LogP contribution in [0.4, 0.5) is 10.1 Å². The lowest BCUT2D eigenvalue weighted by Crippen LogP contribution is -2.14. The third kappa shape index (κ3) is 5.10. The Labute approximate surface area is 195 Å². The number of amides is 1. The number of halogens is 2. The minimum Gasteiger partial charge on any atom is -0.322 e. The quantitative estimate of drug-likeness (QED) is 0.388. The molecule has 0 unspecified atom stereocenters. The van der Waals surface area contributed by atoms with Gasteiger partial charge in [0, 0.05) is 29.3 Å². The molecule has 3 aromatic carbocycles. The molecule has 1 N–H and O–H groups in total. The topological polar surface area (TPSA) is 76.1 Å². The molecule has 0 saturated carbocycles. The number of nitrogens with one attached hydrogen (secondary N) is 1. The van der Waals surface area contributed by atoms with Crippen LogP contribution >= 0.6 is 11.6 Å². The van der Waals surface area contributed by atoms with Gasteiger partial charge in [-0.3, -0.25) is 9.78 Å². The van der Waals surface area contributed by atoms with Crippen molar-refractivity contribution >= 4 is 33.0 Å². The molecule has 5 nitrogen and oxygen atoms in total. The largest absolute Gasteiger partial charge is 0.322 e. The van der Waals surface area contributed by atoms with Crippen molar-refractivity contribution in [2.24, 2.45) is 0 Å². The van der Waals surface area contributed by atoms with E-state index in [2.05, 4.69) is 10.3 Å². The molecule has 166 valence electrons. The number of pyridine rings is 1. The van der Waals surface area contributed by atoms with Gasteiger partial charge in [0.05, 0.1) is 15.6 Å². The Hall–Kier alpha value is -3.55. The highest BCUT2D eigenvalue weighted by atomic mass is 35.5.